The second-order valence-corrected chi connectivity index (χ2v) is 7.55. The lowest BCUT2D eigenvalue weighted by Gasteiger charge is -2.21. The van der Waals surface area contributed by atoms with Crippen LogP contribution in [0.4, 0.5) is 13.2 Å². The molecular formula is C25H22F3N3O3. The van der Waals surface area contributed by atoms with Crippen molar-refractivity contribution in [2.24, 2.45) is 0 Å². The van der Waals surface area contributed by atoms with Crippen LogP contribution in [-0.2, 0) is 17.5 Å². The number of hydrogen-bond acceptors (Lipinski definition) is 4. The minimum atomic E-state index is -4.70. The summed E-state index contributed by atoms with van der Waals surface area (Å²) < 4.78 is 52.2. The van der Waals surface area contributed by atoms with Gasteiger partial charge < -0.3 is 19.4 Å². The van der Waals surface area contributed by atoms with Crippen LogP contribution in [0.2, 0.25) is 0 Å². The topological polar surface area (TPSA) is 65.4 Å². The molecule has 0 atom stereocenters. The lowest BCUT2D eigenvalue weighted by Crippen LogP contribution is -2.33. The van der Waals surface area contributed by atoms with Crippen molar-refractivity contribution in [3.8, 4) is 11.5 Å². The molecule has 34 heavy (non-hydrogen) atoms. The van der Waals surface area contributed by atoms with Gasteiger partial charge in [-0.2, -0.15) is 13.2 Å². The molecule has 0 spiro atoms. The molecule has 1 aromatic heterocycles. The smallest absolute Gasteiger partial charge is 0.449 e. The highest BCUT2D eigenvalue weighted by molar-refractivity contribution is 5.81. The fraction of sp³-hybridized carbons (Fsp3) is 0.200. The Kier molecular flexibility index (Phi) is 6.45. The highest BCUT2D eigenvalue weighted by Gasteiger charge is 2.38. The minimum absolute atomic E-state index is 0.171. The summed E-state index contributed by atoms with van der Waals surface area (Å²) in [5, 5.41) is 2.87. The van der Waals surface area contributed by atoms with E-state index >= 15 is 0 Å². The lowest BCUT2D eigenvalue weighted by molar-refractivity contribution is -0.147. The van der Waals surface area contributed by atoms with E-state index in [2.05, 4.69) is 10.3 Å². The summed E-state index contributed by atoms with van der Waals surface area (Å²) in [4.78, 5) is 16.8. The Labute approximate surface area is 193 Å². The number of carbonyl (C=O) groups is 1. The van der Waals surface area contributed by atoms with Crippen molar-refractivity contribution in [2.45, 2.75) is 18.8 Å². The third-order valence-corrected chi connectivity index (χ3v) is 5.41. The van der Waals surface area contributed by atoms with Crippen molar-refractivity contribution in [1.29, 1.82) is 0 Å². The number of aromatic nitrogens is 2. The number of halogens is 3. The van der Waals surface area contributed by atoms with Crippen LogP contribution in [-0.4, -0.2) is 29.7 Å². The maximum atomic E-state index is 13.6. The van der Waals surface area contributed by atoms with Gasteiger partial charge in [-0.05, 0) is 47.5 Å². The van der Waals surface area contributed by atoms with Crippen LogP contribution in [0.5, 0.6) is 11.5 Å². The molecule has 1 amide bonds. The molecule has 0 saturated heterocycles. The largest absolute Gasteiger partial charge is 0.497 e. The van der Waals surface area contributed by atoms with Gasteiger partial charge >= 0.3 is 6.18 Å². The van der Waals surface area contributed by atoms with E-state index in [0.29, 0.717) is 11.5 Å². The summed E-state index contributed by atoms with van der Waals surface area (Å²) >= 11 is 0. The van der Waals surface area contributed by atoms with Crippen LogP contribution in [0.3, 0.4) is 0 Å². The molecule has 0 fully saturated rings. The second kappa shape index (κ2) is 9.46. The summed E-state index contributed by atoms with van der Waals surface area (Å²) in [7, 11) is 3.09. The fourth-order valence-electron chi connectivity index (χ4n) is 3.75. The molecule has 0 bridgehead atoms. The summed E-state index contributed by atoms with van der Waals surface area (Å²) in [5.74, 6) is -0.425. The van der Waals surface area contributed by atoms with Crippen LogP contribution >= 0.6 is 0 Å². The third kappa shape index (κ3) is 4.83. The van der Waals surface area contributed by atoms with E-state index in [4.69, 9.17) is 9.47 Å². The zero-order chi connectivity index (χ0) is 24.3. The van der Waals surface area contributed by atoms with Crippen molar-refractivity contribution < 1.29 is 27.4 Å². The van der Waals surface area contributed by atoms with E-state index in [0.717, 1.165) is 15.7 Å². The van der Waals surface area contributed by atoms with Crippen LogP contribution in [0.15, 0.2) is 72.8 Å². The molecule has 9 heteroatoms. The number of amides is 1. The third-order valence-electron chi connectivity index (χ3n) is 5.41. The van der Waals surface area contributed by atoms with Gasteiger partial charge in [0.1, 0.15) is 18.0 Å². The van der Waals surface area contributed by atoms with E-state index in [-0.39, 0.29) is 11.0 Å². The molecule has 4 aromatic rings. The Hall–Kier alpha value is -4.01. The van der Waals surface area contributed by atoms with Crippen LogP contribution in [0, 0.1) is 0 Å². The van der Waals surface area contributed by atoms with Gasteiger partial charge in [0, 0.05) is 0 Å². The molecule has 0 radical (unpaired) electrons. The number of benzene rings is 3. The molecular weight excluding hydrogens is 447 g/mol. The number of nitrogens with one attached hydrogen (secondary N) is 1. The quantitative estimate of drug-likeness (QED) is 0.415. The van der Waals surface area contributed by atoms with E-state index < -0.39 is 30.5 Å². The molecule has 0 unspecified atom stereocenters. The number of alkyl halides is 3. The number of fused-ring (bicyclic) bond motifs is 1. The number of nitrogens with zero attached hydrogens (tertiary/aromatic N) is 2. The first-order chi connectivity index (χ1) is 16.3. The minimum Gasteiger partial charge on any atom is -0.497 e. The number of carbonyl (C=O) groups excluding carboxylic acids is 1. The molecule has 0 aliphatic rings. The first kappa shape index (κ1) is 23.2. The maximum Gasteiger partial charge on any atom is 0.449 e. The molecule has 0 aliphatic carbocycles. The van der Waals surface area contributed by atoms with Crippen LogP contribution in [0.25, 0.3) is 11.0 Å². The maximum absolute atomic E-state index is 13.6. The second-order valence-electron chi connectivity index (χ2n) is 7.55. The van der Waals surface area contributed by atoms with Gasteiger partial charge in [0.2, 0.25) is 11.7 Å². The predicted octanol–water partition coefficient (Wildman–Crippen LogP) is 4.98. The Morgan fingerprint density at radius 1 is 0.912 bits per heavy atom. The number of imidazole rings is 1. The Bertz CT molecular complexity index is 1240. The lowest BCUT2D eigenvalue weighted by atomic mass is 9.98. The zero-order valence-electron chi connectivity index (χ0n) is 18.5. The summed E-state index contributed by atoms with van der Waals surface area (Å²) in [5.41, 5.74) is 1.89. The molecule has 176 valence electrons. The van der Waals surface area contributed by atoms with Gasteiger partial charge in [-0.3, -0.25) is 4.79 Å². The highest BCUT2D eigenvalue weighted by Crippen LogP contribution is 2.32. The summed E-state index contributed by atoms with van der Waals surface area (Å²) in [6, 6.07) is 19.8. The van der Waals surface area contributed by atoms with Crippen LogP contribution in [0.1, 0.15) is 23.0 Å². The van der Waals surface area contributed by atoms with Crippen molar-refractivity contribution >= 4 is 16.9 Å². The van der Waals surface area contributed by atoms with Gasteiger partial charge in [-0.25, -0.2) is 4.98 Å². The average Bonchev–Trinajstić information content (AvgIpc) is 3.22. The van der Waals surface area contributed by atoms with Gasteiger partial charge in [-0.15, -0.1) is 0 Å². The van der Waals surface area contributed by atoms with Crippen molar-refractivity contribution in [2.75, 3.05) is 14.2 Å². The summed E-state index contributed by atoms with van der Waals surface area (Å²) in [6.45, 7) is -0.543. The number of rotatable bonds is 7. The molecule has 3 aromatic carbocycles. The number of ether oxygens (including phenoxy) is 2. The van der Waals surface area contributed by atoms with E-state index in [9.17, 15) is 18.0 Å². The average molecular weight is 469 g/mol. The van der Waals surface area contributed by atoms with Crippen molar-refractivity contribution in [3.05, 3.63) is 89.7 Å². The standard InChI is InChI=1S/C25H22F3N3O3/c1-33-18-11-7-16(8-12-18)23(17-9-13-19(34-2)14-10-17)30-22(32)15-31-21-6-4-3-5-20(21)29-24(31)25(26,27)28/h3-14,23H,15H2,1-2H3,(H,30,32). The number of methoxy groups -OCH3 is 2. The molecule has 0 aliphatic heterocycles. The fourth-order valence-corrected chi connectivity index (χ4v) is 3.75. The van der Waals surface area contributed by atoms with Crippen molar-refractivity contribution in [3.63, 3.8) is 0 Å². The van der Waals surface area contributed by atoms with E-state index in [1.165, 1.54) is 12.1 Å². The van der Waals surface area contributed by atoms with Gasteiger partial charge in [0.05, 0.1) is 31.3 Å². The van der Waals surface area contributed by atoms with Gasteiger partial charge in [-0.1, -0.05) is 36.4 Å². The molecule has 0 saturated carbocycles. The van der Waals surface area contributed by atoms with Crippen molar-refractivity contribution in [1.82, 2.24) is 14.9 Å². The molecule has 1 N–H and O–H groups in total. The Balaban J connectivity index is 1.67. The van der Waals surface area contributed by atoms with Gasteiger partial charge in [0.25, 0.3) is 0 Å². The molecule has 1 heterocycles. The molecule has 6 nitrogen and oxygen atoms in total. The van der Waals surface area contributed by atoms with Gasteiger partial charge in [0.15, 0.2) is 0 Å². The SMILES string of the molecule is COc1ccc(C(NC(=O)Cn2c(C(F)(F)F)nc3ccccc32)c2ccc(OC)cc2)cc1. The predicted molar refractivity (Wildman–Crippen MR) is 121 cm³/mol. The molecule has 4 rings (SSSR count). The highest BCUT2D eigenvalue weighted by atomic mass is 19.4. The summed E-state index contributed by atoms with van der Waals surface area (Å²) in [6.07, 6.45) is -4.70. The number of para-hydroxylation sites is 2. The zero-order valence-corrected chi connectivity index (χ0v) is 18.5. The Morgan fingerprint density at radius 3 is 1.94 bits per heavy atom. The first-order valence-corrected chi connectivity index (χ1v) is 10.4. The monoisotopic (exact) mass is 469 g/mol. The number of hydrogen-bond donors (Lipinski definition) is 1. The van der Waals surface area contributed by atoms with E-state index in [1.54, 1.807) is 74.9 Å². The van der Waals surface area contributed by atoms with Crippen LogP contribution < -0.4 is 14.8 Å². The first-order valence-electron chi connectivity index (χ1n) is 10.4. The normalized spacial score (nSPS) is 11.6. The Morgan fingerprint density at radius 2 is 1.44 bits per heavy atom. The van der Waals surface area contributed by atoms with E-state index in [1.807, 2.05) is 0 Å².